The highest BCUT2D eigenvalue weighted by atomic mass is 16.6. The lowest BCUT2D eigenvalue weighted by molar-refractivity contribution is -0.383. The summed E-state index contributed by atoms with van der Waals surface area (Å²) in [5.74, 6) is 1.39. The summed E-state index contributed by atoms with van der Waals surface area (Å²) in [6.45, 7) is 9.78. The molecule has 0 fully saturated rings. The molecule has 0 aliphatic heterocycles. The van der Waals surface area contributed by atoms with Crippen molar-refractivity contribution < 1.29 is 4.92 Å². The van der Waals surface area contributed by atoms with E-state index in [4.69, 9.17) is 0 Å². The van der Waals surface area contributed by atoms with Crippen molar-refractivity contribution in [2.45, 2.75) is 27.7 Å². The summed E-state index contributed by atoms with van der Waals surface area (Å²) in [5, 5.41) is 11.9. The van der Waals surface area contributed by atoms with Crippen molar-refractivity contribution in [2.24, 2.45) is 11.8 Å². The predicted molar refractivity (Wildman–Crippen MR) is 105 cm³/mol. The van der Waals surface area contributed by atoms with Gasteiger partial charge in [0.1, 0.15) is 6.33 Å². The molecule has 1 heterocycles. The largest absolute Gasteiger partial charge is 0.353 e. The van der Waals surface area contributed by atoms with Gasteiger partial charge in [-0.25, -0.2) is 9.97 Å². The fourth-order valence-electron chi connectivity index (χ4n) is 2.90. The van der Waals surface area contributed by atoms with E-state index < -0.39 is 0 Å². The van der Waals surface area contributed by atoms with Crippen molar-refractivity contribution in [1.29, 1.82) is 0 Å². The minimum absolute atomic E-state index is 0.0554. The number of aromatic nitrogens is 2. The number of hydrogen-bond donors (Lipinski definition) is 0. The molecule has 2 aromatic rings. The van der Waals surface area contributed by atoms with Gasteiger partial charge in [-0.3, -0.25) is 10.1 Å². The highest BCUT2D eigenvalue weighted by Gasteiger charge is 2.30. The molecule has 0 aliphatic carbocycles. The van der Waals surface area contributed by atoms with Crippen molar-refractivity contribution >= 4 is 23.0 Å². The van der Waals surface area contributed by atoms with Gasteiger partial charge in [0.25, 0.3) is 0 Å². The topological polar surface area (TPSA) is 75.4 Å². The first-order valence-electron chi connectivity index (χ1n) is 8.84. The fraction of sp³-hybridized carbons (Fsp3) is 0.474. The Morgan fingerprint density at radius 1 is 1.00 bits per heavy atom. The lowest BCUT2D eigenvalue weighted by Gasteiger charge is -2.28. The van der Waals surface area contributed by atoms with Crippen LogP contribution in [0, 0.1) is 22.0 Å². The molecule has 1 aromatic carbocycles. The summed E-state index contributed by atoms with van der Waals surface area (Å²) in [5.41, 5.74) is 0.777. The average Bonchev–Trinajstić information content (AvgIpc) is 2.59. The molecule has 0 bridgehead atoms. The molecular weight excluding hydrogens is 330 g/mol. The van der Waals surface area contributed by atoms with Crippen LogP contribution >= 0.6 is 0 Å². The molecule has 0 atom stereocenters. The molecule has 7 heteroatoms. The van der Waals surface area contributed by atoms with E-state index >= 15 is 0 Å². The summed E-state index contributed by atoms with van der Waals surface area (Å²) in [7, 11) is 1.78. The smallest absolute Gasteiger partial charge is 0.350 e. The molecule has 0 amide bonds. The Labute approximate surface area is 154 Å². The van der Waals surface area contributed by atoms with Crippen LogP contribution in [-0.4, -0.2) is 35.0 Å². The first-order chi connectivity index (χ1) is 12.3. The van der Waals surface area contributed by atoms with Gasteiger partial charge in [-0.1, -0.05) is 45.9 Å². The highest BCUT2D eigenvalue weighted by Crippen LogP contribution is 2.37. The van der Waals surface area contributed by atoms with E-state index in [1.54, 1.807) is 11.9 Å². The van der Waals surface area contributed by atoms with Crippen molar-refractivity contribution in [3.63, 3.8) is 0 Å². The van der Waals surface area contributed by atoms with E-state index in [1.807, 2.05) is 35.2 Å². The molecule has 26 heavy (non-hydrogen) atoms. The van der Waals surface area contributed by atoms with Gasteiger partial charge in [-0.15, -0.1) is 0 Å². The third kappa shape index (κ3) is 4.68. The maximum Gasteiger partial charge on any atom is 0.353 e. The normalized spacial score (nSPS) is 11.0. The number of hydrogen-bond acceptors (Lipinski definition) is 6. The second-order valence-corrected chi connectivity index (χ2v) is 7.21. The SMILES string of the molecule is CC(C)CN(CC(C)C)c1ncnc(N(C)c2ccccc2)c1[N+](=O)[O-]. The van der Waals surface area contributed by atoms with Crippen LogP contribution in [0.15, 0.2) is 36.7 Å². The number of rotatable bonds is 8. The van der Waals surface area contributed by atoms with E-state index in [9.17, 15) is 10.1 Å². The Balaban J connectivity index is 2.55. The Morgan fingerprint density at radius 2 is 1.54 bits per heavy atom. The van der Waals surface area contributed by atoms with Crippen molar-refractivity contribution in [3.05, 3.63) is 46.8 Å². The van der Waals surface area contributed by atoms with Gasteiger partial charge in [0.05, 0.1) is 4.92 Å². The van der Waals surface area contributed by atoms with E-state index in [1.165, 1.54) is 6.33 Å². The van der Waals surface area contributed by atoms with Crippen LogP contribution in [0.5, 0.6) is 0 Å². The van der Waals surface area contributed by atoms with Crippen LogP contribution in [0.2, 0.25) is 0 Å². The van der Waals surface area contributed by atoms with Crippen LogP contribution < -0.4 is 9.80 Å². The van der Waals surface area contributed by atoms with Crippen molar-refractivity contribution in [2.75, 3.05) is 29.9 Å². The molecule has 2 rings (SSSR count). The monoisotopic (exact) mass is 357 g/mol. The molecule has 0 saturated carbocycles. The predicted octanol–water partition coefficient (Wildman–Crippen LogP) is 4.27. The van der Waals surface area contributed by atoms with Gasteiger partial charge in [0.2, 0.25) is 11.6 Å². The first kappa shape index (κ1) is 19.6. The molecule has 140 valence electrons. The zero-order valence-corrected chi connectivity index (χ0v) is 16.1. The van der Waals surface area contributed by atoms with Gasteiger partial charge in [0, 0.05) is 25.8 Å². The second kappa shape index (κ2) is 8.60. The Kier molecular flexibility index (Phi) is 6.49. The van der Waals surface area contributed by atoms with Crippen molar-refractivity contribution in [1.82, 2.24) is 9.97 Å². The van der Waals surface area contributed by atoms with Crippen molar-refractivity contribution in [3.8, 4) is 0 Å². The molecule has 0 N–H and O–H groups in total. The minimum atomic E-state index is -0.377. The van der Waals surface area contributed by atoms with Crippen LogP contribution in [0.4, 0.5) is 23.0 Å². The van der Waals surface area contributed by atoms with Gasteiger partial charge < -0.3 is 9.80 Å². The average molecular weight is 357 g/mol. The molecule has 7 nitrogen and oxygen atoms in total. The summed E-state index contributed by atoms with van der Waals surface area (Å²) in [6.07, 6.45) is 1.41. The summed E-state index contributed by atoms with van der Waals surface area (Å²) >= 11 is 0. The van der Waals surface area contributed by atoms with Gasteiger partial charge in [-0.05, 0) is 24.0 Å². The maximum absolute atomic E-state index is 11.9. The highest BCUT2D eigenvalue weighted by molar-refractivity contribution is 5.75. The van der Waals surface area contributed by atoms with E-state index in [0.29, 0.717) is 36.6 Å². The summed E-state index contributed by atoms with van der Waals surface area (Å²) < 4.78 is 0. The minimum Gasteiger partial charge on any atom is -0.350 e. The Morgan fingerprint density at radius 3 is 2.04 bits per heavy atom. The first-order valence-corrected chi connectivity index (χ1v) is 8.84. The summed E-state index contributed by atoms with van der Waals surface area (Å²) in [6, 6.07) is 9.48. The molecule has 0 unspecified atom stereocenters. The van der Waals surface area contributed by atoms with E-state index in [0.717, 1.165) is 5.69 Å². The fourth-order valence-corrected chi connectivity index (χ4v) is 2.90. The standard InChI is InChI=1S/C19H27N5O2/c1-14(2)11-23(12-15(3)4)19-17(24(25)26)18(20-13-21-19)22(5)16-9-7-6-8-10-16/h6-10,13-15H,11-12H2,1-5H3. The molecule has 0 saturated heterocycles. The molecular formula is C19H27N5O2. The molecule has 1 aromatic heterocycles. The molecule has 0 aliphatic rings. The van der Waals surface area contributed by atoms with Crippen LogP contribution in [-0.2, 0) is 0 Å². The Bertz CT molecular complexity index is 724. The number of nitrogens with zero attached hydrogens (tertiary/aromatic N) is 5. The number of benzene rings is 1. The third-order valence-corrected chi connectivity index (χ3v) is 3.90. The molecule has 0 spiro atoms. The van der Waals surface area contributed by atoms with Gasteiger partial charge in [-0.2, -0.15) is 0 Å². The van der Waals surface area contributed by atoms with Gasteiger partial charge in [0.15, 0.2) is 0 Å². The molecule has 0 radical (unpaired) electrons. The third-order valence-electron chi connectivity index (χ3n) is 3.90. The zero-order chi connectivity index (χ0) is 19.3. The second-order valence-electron chi connectivity index (χ2n) is 7.21. The van der Waals surface area contributed by atoms with Crippen LogP contribution in [0.1, 0.15) is 27.7 Å². The van der Waals surface area contributed by atoms with Crippen LogP contribution in [0.25, 0.3) is 0 Å². The number of para-hydroxylation sites is 1. The lowest BCUT2D eigenvalue weighted by Crippen LogP contribution is -2.33. The quantitative estimate of drug-likeness (QED) is 0.519. The van der Waals surface area contributed by atoms with E-state index in [2.05, 4.69) is 37.7 Å². The Hall–Kier alpha value is -2.70. The number of nitro groups is 1. The zero-order valence-electron chi connectivity index (χ0n) is 16.1. The summed E-state index contributed by atoms with van der Waals surface area (Å²) in [4.78, 5) is 23.8. The van der Waals surface area contributed by atoms with Crippen LogP contribution in [0.3, 0.4) is 0 Å². The van der Waals surface area contributed by atoms with E-state index in [-0.39, 0.29) is 10.6 Å². The maximum atomic E-state index is 11.9. The number of anilines is 3. The van der Waals surface area contributed by atoms with Gasteiger partial charge >= 0.3 is 5.69 Å². The lowest BCUT2D eigenvalue weighted by atomic mass is 10.1.